The fraction of sp³-hybridized carbons (Fsp3) is 0.0909. The lowest BCUT2D eigenvalue weighted by Gasteiger charge is -1.98. The van der Waals surface area contributed by atoms with Gasteiger partial charge in [-0.25, -0.2) is 4.98 Å². The number of hydrogen-bond acceptors (Lipinski definition) is 8. The van der Waals surface area contributed by atoms with Crippen LogP contribution < -0.4 is 11.3 Å². The number of nitrogens with one attached hydrogen (secondary N) is 1. The number of hydrogen-bond donors (Lipinski definition) is 2. The number of aromatic nitrogens is 4. The second-order valence-corrected chi connectivity index (χ2v) is 5.66. The van der Waals surface area contributed by atoms with Crippen molar-refractivity contribution < 1.29 is 4.52 Å². The number of thiophene rings is 1. The van der Waals surface area contributed by atoms with Crippen LogP contribution in [-0.4, -0.2) is 20.1 Å². The molecule has 0 unspecified atom stereocenters. The number of aromatic amines is 1. The van der Waals surface area contributed by atoms with E-state index in [-0.39, 0.29) is 11.4 Å². The Bertz CT molecular complexity index is 765. The van der Waals surface area contributed by atoms with Gasteiger partial charge in [-0.2, -0.15) is 4.98 Å². The van der Waals surface area contributed by atoms with Crippen LogP contribution in [-0.2, 0) is 5.75 Å². The summed E-state index contributed by atoms with van der Waals surface area (Å²) in [4.78, 5) is 23.0. The number of nitrogen functional groups attached to an aromatic ring is 1. The van der Waals surface area contributed by atoms with E-state index in [1.807, 2.05) is 17.5 Å². The molecule has 3 rings (SSSR count). The van der Waals surface area contributed by atoms with Crippen molar-refractivity contribution >= 4 is 28.9 Å². The molecule has 0 aliphatic heterocycles. The van der Waals surface area contributed by atoms with Gasteiger partial charge in [0.05, 0.1) is 10.6 Å². The Balaban J connectivity index is 1.71. The normalized spacial score (nSPS) is 10.8. The van der Waals surface area contributed by atoms with E-state index in [1.54, 1.807) is 0 Å². The third-order valence-electron chi connectivity index (χ3n) is 2.28. The van der Waals surface area contributed by atoms with Crippen LogP contribution >= 0.6 is 23.1 Å². The van der Waals surface area contributed by atoms with E-state index < -0.39 is 0 Å². The monoisotopic (exact) mass is 307 g/mol. The second kappa shape index (κ2) is 5.47. The maximum absolute atomic E-state index is 11.2. The van der Waals surface area contributed by atoms with Crippen molar-refractivity contribution in [2.75, 3.05) is 5.73 Å². The second-order valence-electron chi connectivity index (χ2n) is 3.75. The fourth-order valence-electron chi connectivity index (χ4n) is 1.47. The zero-order valence-corrected chi connectivity index (χ0v) is 11.7. The highest BCUT2D eigenvalue weighted by Crippen LogP contribution is 2.23. The average Bonchev–Trinajstić information content (AvgIpc) is 3.06. The number of nitrogens with two attached hydrogens (primary N) is 1. The van der Waals surface area contributed by atoms with Crippen molar-refractivity contribution in [1.82, 2.24) is 20.1 Å². The quantitative estimate of drug-likeness (QED) is 0.558. The van der Waals surface area contributed by atoms with Crippen LogP contribution in [0.3, 0.4) is 0 Å². The lowest BCUT2D eigenvalue weighted by Crippen LogP contribution is -2.09. The van der Waals surface area contributed by atoms with Crippen LogP contribution in [0.4, 0.5) is 5.82 Å². The summed E-state index contributed by atoms with van der Waals surface area (Å²) in [7, 11) is 0. The van der Waals surface area contributed by atoms with Gasteiger partial charge in [0.1, 0.15) is 5.82 Å². The highest BCUT2D eigenvalue weighted by Gasteiger charge is 2.10. The molecule has 0 radical (unpaired) electrons. The molecule has 0 amide bonds. The average molecular weight is 307 g/mol. The van der Waals surface area contributed by atoms with E-state index in [2.05, 4.69) is 20.1 Å². The molecule has 0 aromatic carbocycles. The molecule has 0 aliphatic rings. The highest BCUT2D eigenvalue weighted by atomic mass is 32.2. The molecule has 0 bridgehead atoms. The number of thioether (sulfide) groups is 1. The van der Waals surface area contributed by atoms with Crippen LogP contribution in [0.1, 0.15) is 5.89 Å². The maximum atomic E-state index is 11.2. The molecular weight excluding hydrogens is 298 g/mol. The zero-order valence-electron chi connectivity index (χ0n) is 10.1. The summed E-state index contributed by atoms with van der Waals surface area (Å²) in [6.45, 7) is 0. The van der Waals surface area contributed by atoms with E-state index in [4.69, 9.17) is 10.3 Å². The molecule has 0 saturated heterocycles. The Kier molecular flexibility index (Phi) is 3.52. The molecule has 3 aromatic rings. The fourth-order valence-corrected chi connectivity index (χ4v) is 2.84. The molecule has 0 spiro atoms. The van der Waals surface area contributed by atoms with Crippen molar-refractivity contribution in [2.45, 2.75) is 10.9 Å². The SMILES string of the molecule is Nc1cc(=O)[nH]c(SCc2nc(-c3cccs3)no2)n1. The number of rotatable bonds is 4. The van der Waals surface area contributed by atoms with Gasteiger partial charge in [-0.15, -0.1) is 11.3 Å². The van der Waals surface area contributed by atoms with Crippen molar-refractivity contribution in [3.05, 3.63) is 39.8 Å². The molecule has 0 aliphatic carbocycles. The van der Waals surface area contributed by atoms with Crippen LogP contribution in [0.5, 0.6) is 0 Å². The van der Waals surface area contributed by atoms with Crippen LogP contribution in [0, 0.1) is 0 Å². The molecular formula is C11H9N5O2S2. The summed E-state index contributed by atoms with van der Waals surface area (Å²) in [6.07, 6.45) is 0. The van der Waals surface area contributed by atoms with Gasteiger partial charge in [0, 0.05) is 6.07 Å². The third kappa shape index (κ3) is 2.89. The lowest BCUT2D eigenvalue weighted by molar-refractivity contribution is 0.391. The maximum Gasteiger partial charge on any atom is 0.253 e. The Labute approximate surface area is 121 Å². The van der Waals surface area contributed by atoms with Gasteiger partial charge >= 0.3 is 0 Å². The van der Waals surface area contributed by atoms with Crippen LogP contribution in [0.2, 0.25) is 0 Å². The van der Waals surface area contributed by atoms with Crippen molar-refractivity contribution in [2.24, 2.45) is 0 Å². The molecule has 102 valence electrons. The van der Waals surface area contributed by atoms with Crippen LogP contribution in [0.15, 0.2) is 38.1 Å². The zero-order chi connectivity index (χ0) is 13.9. The van der Waals surface area contributed by atoms with Crippen molar-refractivity contribution in [3.8, 4) is 10.7 Å². The minimum atomic E-state index is -0.287. The minimum Gasteiger partial charge on any atom is -0.383 e. The van der Waals surface area contributed by atoms with Gasteiger partial charge in [0.15, 0.2) is 5.16 Å². The Hall–Kier alpha value is -2.13. The van der Waals surface area contributed by atoms with Crippen molar-refractivity contribution in [3.63, 3.8) is 0 Å². The molecule has 7 nitrogen and oxygen atoms in total. The highest BCUT2D eigenvalue weighted by molar-refractivity contribution is 7.98. The Morgan fingerprint density at radius 2 is 2.35 bits per heavy atom. The minimum absolute atomic E-state index is 0.182. The van der Waals surface area contributed by atoms with Gasteiger partial charge in [-0.1, -0.05) is 23.0 Å². The molecule has 3 N–H and O–H groups in total. The summed E-state index contributed by atoms with van der Waals surface area (Å²) in [6, 6.07) is 5.07. The van der Waals surface area contributed by atoms with E-state index in [1.165, 1.54) is 29.2 Å². The number of H-pyrrole nitrogens is 1. The summed E-state index contributed by atoms with van der Waals surface area (Å²) >= 11 is 2.81. The predicted molar refractivity (Wildman–Crippen MR) is 76.4 cm³/mol. The number of nitrogens with zero attached hydrogens (tertiary/aromatic N) is 3. The van der Waals surface area contributed by atoms with E-state index in [9.17, 15) is 4.79 Å². The summed E-state index contributed by atoms with van der Waals surface area (Å²) in [5, 5.41) is 6.27. The largest absolute Gasteiger partial charge is 0.383 e. The van der Waals surface area contributed by atoms with E-state index in [0.29, 0.717) is 22.6 Å². The molecule has 3 aromatic heterocycles. The predicted octanol–water partition coefficient (Wildman–Crippen LogP) is 1.76. The summed E-state index contributed by atoms with van der Waals surface area (Å²) in [5.41, 5.74) is 5.21. The molecule has 0 atom stereocenters. The van der Waals surface area contributed by atoms with Gasteiger partial charge in [0.2, 0.25) is 11.7 Å². The van der Waals surface area contributed by atoms with E-state index in [0.717, 1.165) is 4.88 Å². The number of anilines is 1. The molecule has 3 heterocycles. The lowest BCUT2D eigenvalue weighted by atomic mass is 10.4. The van der Waals surface area contributed by atoms with Gasteiger partial charge in [-0.3, -0.25) is 4.79 Å². The van der Waals surface area contributed by atoms with Crippen molar-refractivity contribution in [1.29, 1.82) is 0 Å². The topological polar surface area (TPSA) is 111 Å². The first-order chi connectivity index (χ1) is 9.70. The smallest absolute Gasteiger partial charge is 0.253 e. The molecule has 0 saturated carbocycles. The first-order valence-electron chi connectivity index (χ1n) is 5.57. The standard InChI is InChI=1S/C11H9N5O2S2/c12-7-4-8(17)14-11(13-7)20-5-9-15-10(16-18-9)6-2-1-3-19-6/h1-4H,5H2,(H3,12,13,14,17). The first-order valence-corrected chi connectivity index (χ1v) is 7.43. The first kappa shape index (κ1) is 12.9. The van der Waals surface area contributed by atoms with Gasteiger partial charge in [-0.05, 0) is 11.4 Å². The summed E-state index contributed by atoms with van der Waals surface area (Å²) in [5.74, 6) is 1.61. The Morgan fingerprint density at radius 1 is 1.45 bits per heavy atom. The van der Waals surface area contributed by atoms with Gasteiger partial charge in [0.25, 0.3) is 5.56 Å². The third-order valence-corrected chi connectivity index (χ3v) is 4.01. The Morgan fingerprint density at radius 3 is 3.10 bits per heavy atom. The van der Waals surface area contributed by atoms with Gasteiger partial charge < -0.3 is 15.2 Å². The van der Waals surface area contributed by atoms with Crippen LogP contribution in [0.25, 0.3) is 10.7 Å². The molecule has 0 fully saturated rings. The molecule has 9 heteroatoms. The summed E-state index contributed by atoms with van der Waals surface area (Å²) < 4.78 is 5.14. The molecule has 20 heavy (non-hydrogen) atoms. The van der Waals surface area contributed by atoms with E-state index >= 15 is 0 Å².